The van der Waals surface area contributed by atoms with Gasteiger partial charge in [0, 0.05) is 24.2 Å². The predicted molar refractivity (Wildman–Crippen MR) is 74.4 cm³/mol. The molecule has 1 aromatic rings. The van der Waals surface area contributed by atoms with Gasteiger partial charge in [-0.1, -0.05) is 32.0 Å². The van der Waals surface area contributed by atoms with Crippen molar-refractivity contribution in [2.75, 3.05) is 11.4 Å². The van der Waals surface area contributed by atoms with E-state index in [2.05, 4.69) is 6.92 Å². The number of carbonyl (C=O) groups is 1. The van der Waals surface area contributed by atoms with Gasteiger partial charge in [-0.25, -0.2) is 0 Å². The van der Waals surface area contributed by atoms with Crippen LogP contribution < -0.4 is 10.6 Å². The van der Waals surface area contributed by atoms with Crippen molar-refractivity contribution in [2.45, 2.75) is 39.2 Å². The van der Waals surface area contributed by atoms with Crippen molar-refractivity contribution in [1.82, 2.24) is 0 Å². The van der Waals surface area contributed by atoms with E-state index < -0.39 is 0 Å². The standard InChI is InChI=1S/C15H22N2O/c1-3-11(2)15(18)17-10-6-8-13(16)12-7-4-5-9-14(12)17/h4-5,7,9,11,13H,3,6,8,10,16H2,1-2H3. The number of fused-ring (bicyclic) bond motifs is 1. The molecule has 0 aromatic heterocycles. The van der Waals surface area contributed by atoms with E-state index in [0.29, 0.717) is 0 Å². The minimum absolute atomic E-state index is 0.0518. The number of amides is 1. The fraction of sp³-hybridized carbons (Fsp3) is 0.533. The molecule has 1 aliphatic rings. The zero-order valence-electron chi connectivity index (χ0n) is 11.2. The van der Waals surface area contributed by atoms with Gasteiger partial charge < -0.3 is 10.6 Å². The largest absolute Gasteiger partial charge is 0.324 e. The number of hydrogen-bond donors (Lipinski definition) is 1. The first-order chi connectivity index (χ1) is 8.65. The average Bonchev–Trinajstić information content (AvgIpc) is 2.57. The summed E-state index contributed by atoms with van der Waals surface area (Å²) in [4.78, 5) is 14.4. The fourth-order valence-electron chi connectivity index (χ4n) is 2.46. The quantitative estimate of drug-likeness (QED) is 0.872. The lowest BCUT2D eigenvalue weighted by Crippen LogP contribution is -2.35. The maximum Gasteiger partial charge on any atom is 0.229 e. The zero-order chi connectivity index (χ0) is 13.1. The molecular formula is C15H22N2O. The second-order valence-electron chi connectivity index (χ2n) is 5.11. The van der Waals surface area contributed by atoms with Gasteiger partial charge in [-0.2, -0.15) is 0 Å². The molecule has 0 aliphatic carbocycles. The Hall–Kier alpha value is -1.35. The van der Waals surface area contributed by atoms with Crippen LogP contribution in [0.15, 0.2) is 24.3 Å². The summed E-state index contributed by atoms with van der Waals surface area (Å²) < 4.78 is 0. The lowest BCUT2D eigenvalue weighted by Gasteiger charge is -2.26. The molecule has 0 bridgehead atoms. The first-order valence-corrected chi connectivity index (χ1v) is 6.81. The van der Waals surface area contributed by atoms with Crippen LogP contribution in [0.1, 0.15) is 44.7 Å². The van der Waals surface area contributed by atoms with Crippen LogP contribution in [0.4, 0.5) is 5.69 Å². The minimum Gasteiger partial charge on any atom is -0.324 e. The smallest absolute Gasteiger partial charge is 0.229 e. The molecule has 1 aromatic carbocycles. The first kappa shape index (κ1) is 13.1. The maximum absolute atomic E-state index is 12.4. The predicted octanol–water partition coefficient (Wildman–Crippen LogP) is 2.86. The Kier molecular flexibility index (Phi) is 4.02. The van der Waals surface area contributed by atoms with Crippen molar-refractivity contribution >= 4 is 11.6 Å². The molecule has 2 N–H and O–H groups in total. The second kappa shape index (κ2) is 5.53. The number of nitrogens with zero attached hydrogens (tertiary/aromatic N) is 1. The summed E-state index contributed by atoms with van der Waals surface area (Å²) >= 11 is 0. The SMILES string of the molecule is CCC(C)C(=O)N1CCCC(N)c2ccccc21. The normalized spacial score (nSPS) is 21.1. The topological polar surface area (TPSA) is 46.3 Å². The third kappa shape index (κ3) is 2.41. The Morgan fingerprint density at radius 1 is 1.50 bits per heavy atom. The van der Waals surface area contributed by atoms with Gasteiger partial charge in [0.05, 0.1) is 0 Å². The van der Waals surface area contributed by atoms with E-state index >= 15 is 0 Å². The summed E-state index contributed by atoms with van der Waals surface area (Å²) in [6, 6.07) is 8.09. The van der Waals surface area contributed by atoms with Gasteiger partial charge in [-0.15, -0.1) is 0 Å². The first-order valence-electron chi connectivity index (χ1n) is 6.81. The van der Waals surface area contributed by atoms with Gasteiger partial charge in [0.15, 0.2) is 0 Å². The molecule has 0 saturated heterocycles. The number of para-hydroxylation sites is 1. The highest BCUT2D eigenvalue weighted by Gasteiger charge is 2.26. The van der Waals surface area contributed by atoms with Crippen LogP contribution >= 0.6 is 0 Å². The van der Waals surface area contributed by atoms with Crippen molar-refractivity contribution in [3.63, 3.8) is 0 Å². The number of nitrogens with two attached hydrogens (primary N) is 1. The van der Waals surface area contributed by atoms with Crippen LogP contribution in [0.5, 0.6) is 0 Å². The lowest BCUT2D eigenvalue weighted by molar-refractivity contribution is -0.122. The highest BCUT2D eigenvalue weighted by molar-refractivity contribution is 5.95. The van der Waals surface area contributed by atoms with Gasteiger partial charge in [0.2, 0.25) is 5.91 Å². The molecule has 98 valence electrons. The van der Waals surface area contributed by atoms with Gasteiger partial charge >= 0.3 is 0 Å². The van der Waals surface area contributed by atoms with Crippen LogP contribution in [-0.2, 0) is 4.79 Å². The molecule has 0 spiro atoms. The van der Waals surface area contributed by atoms with E-state index in [9.17, 15) is 4.79 Å². The fourth-order valence-corrected chi connectivity index (χ4v) is 2.46. The van der Waals surface area contributed by atoms with Crippen LogP contribution in [0.3, 0.4) is 0 Å². The molecule has 2 rings (SSSR count). The average molecular weight is 246 g/mol. The van der Waals surface area contributed by atoms with Crippen molar-refractivity contribution in [3.05, 3.63) is 29.8 Å². The minimum atomic E-state index is 0.0518. The molecule has 3 nitrogen and oxygen atoms in total. The molecule has 2 unspecified atom stereocenters. The Labute approximate surface area is 109 Å². The second-order valence-corrected chi connectivity index (χ2v) is 5.11. The Bertz CT molecular complexity index is 430. The summed E-state index contributed by atoms with van der Waals surface area (Å²) in [5.41, 5.74) is 8.29. The molecule has 1 aliphatic heterocycles. The van der Waals surface area contributed by atoms with Gasteiger partial charge in [-0.05, 0) is 30.9 Å². The molecule has 0 fully saturated rings. The monoisotopic (exact) mass is 246 g/mol. The van der Waals surface area contributed by atoms with E-state index in [1.54, 1.807) is 0 Å². The van der Waals surface area contributed by atoms with Gasteiger partial charge in [0.25, 0.3) is 0 Å². The molecule has 1 heterocycles. The highest BCUT2D eigenvalue weighted by Crippen LogP contribution is 2.32. The summed E-state index contributed by atoms with van der Waals surface area (Å²) in [6.45, 7) is 4.84. The Balaban J connectivity index is 2.37. The zero-order valence-corrected chi connectivity index (χ0v) is 11.2. The van der Waals surface area contributed by atoms with Gasteiger partial charge in [0.1, 0.15) is 0 Å². The summed E-state index contributed by atoms with van der Waals surface area (Å²) in [6.07, 6.45) is 2.79. The Morgan fingerprint density at radius 2 is 2.22 bits per heavy atom. The maximum atomic E-state index is 12.4. The molecule has 3 heteroatoms. The number of carbonyl (C=O) groups excluding carboxylic acids is 1. The van der Waals surface area contributed by atoms with Crippen LogP contribution in [0.2, 0.25) is 0 Å². The summed E-state index contributed by atoms with van der Waals surface area (Å²) in [5, 5.41) is 0. The highest BCUT2D eigenvalue weighted by atomic mass is 16.2. The van der Waals surface area contributed by atoms with E-state index in [-0.39, 0.29) is 17.9 Å². The van der Waals surface area contributed by atoms with E-state index in [1.807, 2.05) is 36.1 Å². The van der Waals surface area contributed by atoms with E-state index in [1.165, 1.54) is 0 Å². The van der Waals surface area contributed by atoms with Crippen LogP contribution in [-0.4, -0.2) is 12.5 Å². The molecular weight excluding hydrogens is 224 g/mol. The van der Waals surface area contributed by atoms with Crippen molar-refractivity contribution in [1.29, 1.82) is 0 Å². The number of benzene rings is 1. The third-order valence-electron chi connectivity index (χ3n) is 3.82. The lowest BCUT2D eigenvalue weighted by atomic mass is 10.0. The van der Waals surface area contributed by atoms with Crippen LogP contribution in [0, 0.1) is 5.92 Å². The third-order valence-corrected chi connectivity index (χ3v) is 3.82. The van der Waals surface area contributed by atoms with Crippen molar-refractivity contribution in [2.24, 2.45) is 11.7 Å². The molecule has 18 heavy (non-hydrogen) atoms. The van der Waals surface area contributed by atoms with E-state index in [4.69, 9.17) is 5.73 Å². The van der Waals surface area contributed by atoms with Gasteiger partial charge in [-0.3, -0.25) is 4.79 Å². The summed E-state index contributed by atoms with van der Waals surface area (Å²) in [7, 11) is 0. The summed E-state index contributed by atoms with van der Waals surface area (Å²) in [5.74, 6) is 0.298. The van der Waals surface area contributed by atoms with Crippen LogP contribution in [0.25, 0.3) is 0 Å². The van der Waals surface area contributed by atoms with E-state index in [0.717, 1.165) is 37.1 Å². The molecule has 0 radical (unpaired) electrons. The number of anilines is 1. The number of rotatable bonds is 2. The van der Waals surface area contributed by atoms with Crippen molar-refractivity contribution in [3.8, 4) is 0 Å². The molecule has 2 atom stereocenters. The number of hydrogen-bond acceptors (Lipinski definition) is 2. The molecule has 1 amide bonds. The van der Waals surface area contributed by atoms with Crippen molar-refractivity contribution < 1.29 is 4.79 Å². The molecule has 0 saturated carbocycles. The Morgan fingerprint density at radius 3 is 2.94 bits per heavy atom.